The highest BCUT2D eigenvalue weighted by Gasteiger charge is 2.21. The molecule has 0 radical (unpaired) electrons. The van der Waals surface area contributed by atoms with Crippen LogP contribution in [0.2, 0.25) is 0 Å². The summed E-state index contributed by atoms with van der Waals surface area (Å²) in [6.45, 7) is 2.97. The van der Waals surface area contributed by atoms with Gasteiger partial charge in [-0.25, -0.2) is 0 Å². The highest BCUT2D eigenvalue weighted by atomic mass is 16.1. The second-order valence-electron chi connectivity index (χ2n) is 6.87. The molecular weight excluding hydrogens is 320 g/mol. The molecule has 0 bridgehead atoms. The highest BCUT2D eigenvalue weighted by Crippen LogP contribution is 2.33. The van der Waals surface area contributed by atoms with Gasteiger partial charge in [0.15, 0.2) is 0 Å². The van der Waals surface area contributed by atoms with Crippen molar-refractivity contribution < 1.29 is 4.79 Å². The van der Waals surface area contributed by atoms with Gasteiger partial charge in [0.2, 0.25) is 5.91 Å². The lowest BCUT2D eigenvalue weighted by Crippen LogP contribution is -2.26. The van der Waals surface area contributed by atoms with Gasteiger partial charge in [-0.3, -0.25) is 4.79 Å². The van der Waals surface area contributed by atoms with Crippen LogP contribution in [-0.4, -0.2) is 17.4 Å². The normalized spacial score (nSPS) is 12.2. The van der Waals surface area contributed by atoms with E-state index in [2.05, 4.69) is 53.8 Å². The molecule has 26 heavy (non-hydrogen) atoms. The number of hydrogen-bond acceptors (Lipinski definition) is 1. The van der Waals surface area contributed by atoms with E-state index >= 15 is 0 Å². The molecule has 2 aromatic carbocycles. The molecule has 3 nitrogen and oxygen atoms in total. The van der Waals surface area contributed by atoms with Gasteiger partial charge in [-0.05, 0) is 23.6 Å². The Labute approximate surface area is 155 Å². The molecule has 0 spiro atoms. The Balaban J connectivity index is 1.76. The zero-order valence-corrected chi connectivity index (χ0v) is 15.5. The Hall–Kier alpha value is -2.55. The number of para-hydroxylation sites is 1. The summed E-state index contributed by atoms with van der Waals surface area (Å²) < 4.78 is 0. The van der Waals surface area contributed by atoms with Crippen molar-refractivity contribution in [1.29, 1.82) is 0 Å². The Bertz CT molecular complexity index is 822. The first kappa shape index (κ1) is 18.2. The van der Waals surface area contributed by atoms with E-state index in [0.717, 1.165) is 18.5 Å². The van der Waals surface area contributed by atoms with E-state index in [1.807, 2.05) is 24.3 Å². The molecule has 1 amide bonds. The van der Waals surface area contributed by atoms with Gasteiger partial charge >= 0.3 is 0 Å². The molecule has 0 fully saturated rings. The zero-order valence-electron chi connectivity index (χ0n) is 15.5. The van der Waals surface area contributed by atoms with Crippen molar-refractivity contribution in [1.82, 2.24) is 10.3 Å². The maximum atomic E-state index is 12.6. The van der Waals surface area contributed by atoms with Crippen molar-refractivity contribution in [2.75, 3.05) is 6.54 Å². The number of amides is 1. The molecule has 3 aromatic rings. The van der Waals surface area contributed by atoms with Gasteiger partial charge in [-0.1, -0.05) is 74.7 Å². The molecule has 1 aromatic heterocycles. The number of carbonyl (C=O) groups is 1. The van der Waals surface area contributed by atoms with Gasteiger partial charge in [0.05, 0.1) is 0 Å². The van der Waals surface area contributed by atoms with Crippen LogP contribution in [0.1, 0.15) is 56.1 Å². The smallest absolute Gasteiger partial charge is 0.220 e. The lowest BCUT2D eigenvalue weighted by atomic mass is 9.88. The van der Waals surface area contributed by atoms with E-state index in [-0.39, 0.29) is 11.8 Å². The van der Waals surface area contributed by atoms with Crippen LogP contribution in [0.25, 0.3) is 10.9 Å². The third-order valence-electron chi connectivity index (χ3n) is 4.94. The van der Waals surface area contributed by atoms with E-state index in [1.54, 1.807) is 0 Å². The van der Waals surface area contributed by atoms with Gasteiger partial charge < -0.3 is 10.3 Å². The van der Waals surface area contributed by atoms with Gasteiger partial charge in [-0.15, -0.1) is 0 Å². The fourth-order valence-corrected chi connectivity index (χ4v) is 3.51. The largest absolute Gasteiger partial charge is 0.361 e. The standard InChI is InChI=1S/C23H28N2O/c1-2-3-4-10-15-24-23(26)16-20(18-11-6-5-7-12-18)21-17-25-22-14-9-8-13-19(21)22/h5-9,11-14,17,20,25H,2-4,10,15-16H2,1H3,(H,24,26). The number of aromatic nitrogens is 1. The summed E-state index contributed by atoms with van der Waals surface area (Å²) in [4.78, 5) is 15.9. The molecule has 3 rings (SSSR count). The monoisotopic (exact) mass is 348 g/mol. The average molecular weight is 348 g/mol. The van der Waals surface area contributed by atoms with Crippen LogP contribution in [-0.2, 0) is 4.79 Å². The molecule has 2 N–H and O–H groups in total. The summed E-state index contributed by atoms with van der Waals surface area (Å²) in [5.74, 6) is 0.184. The Kier molecular flexibility index (Phi) is 6.48. The molecule has 0 saturated heterocycles. The quantitative estimate of drug-likeness (QED) is 0.501. The predicted molar refractivity (Wildman–Crippen MR) is 108 cm³/mol. The SMILES string of the molecule is CCCCCCNC(=O)CC(c1ccccc1)c1c[nH]c2ccccc12. The van der Waals surface area contributed by atoms with Crippen molar-refractivity contribution in [3.05, 3.63) is 71.9 Å². The average Bonchev–Trinajstić information content (AvgIpc) is 3.10. The number of fused-ring (bicyclic) bond motifs is 1. The lowest BCUT2D eigenvalue weighted by molar-refractivity contribution is -0.121. The van der Waals surface area contributed by atoms with Crippen LogP contribution < -0.4 is 5.32 Å². The topological polar surface area (TPSA) is 44.9 Å². The van der Waals surface area contributed by atoms with Gasteiger partial charge in [-0.2, -0.15) is 0 Å². The number of H-pyrrole nitrogens is 1. The van der Waals surface area contributed by atoms with E-state index in [9.17, 15) is 4.79 Å². The zero-order chi connectivity index (χ0) is 18.2. The van der Waals surface area contributed by atoms with E-state index in [4.69, 9.17) is 0 Å². The Morgan fingerprint density at radius 3 is 2.58 bits per heavy atom. The van der Waals surface area contributed by atoms with Crippen LogP contribution >= 0.6 is 0 Å². The van der Waals surface area contributed by atoms with Crippen LogP contribution in [0, 0.1) is 0 Å². The lowest BCUT2D eigenvalue weighted by Gasteiger charge is -2.17. The molecule has 1 heterocycles. The van der Waals surface area contributed by atoms with Gasteiger partial charge in [0, 0.05) is 36.0 Å². The summed E-state index contributed by atoms with van der Waals surface area (Å²) in [6, 6.07) is 18.6. The number of aromatic amines is 1. The minimum atomic E-state index is 0.0583. The summed E-state index contributed by atoms with van der Waals surface area (Å²) in [5.41, 5.74) is 3.48. The third kappa shape index (κ3) is 4.54. The van der Waals surface area contributed by atoms with E-state index in [0.29, 0.717) is 6.42 Å². The van der Waals surface area contributed by atoms with Crippen LogP contribution in [0.15, 0.2) is 60.8 Å². The molecule has 3 heteroatoms. The van der Waals surface area contributed by atoms with Crippen molar-refractivity contribution >= 4 is 16.8 Å². The Morgan fingerprint density at radius 1 is 1.00 bits per heavy atom. The van der Waals surface area contributed by atoms with Crippen molar-refractivity contribution in [2.45, 2.75) is 44.9 Å². The fraction of sp³-hybridized carbons (Fsp3) is 0.348. The maximum absolute atomic E-state index is 12.6. The van der Waals surface area contributed by atoms with Crippen molar-refractivity contribution in [2.24, 2.45) is 0 Å². The van der Waals surface area contributed by atoms with E-state index in [1.165, 1.54) is 35.8 Å². The summed E-state index contributed by atoms with van der Waals surface area (Å²) in [6.07, 6.45) is 7.21. The van der Waals surface area contributed by atoms with Crippen LogP contribution in [0.4, 0.5) is 0 Å². The number of carbonyl (C=O) groups excluding carboxylic acids is 1. The number of benzene rings is 2. The summed E-state index contributed by atoms with van der Waals surface area (Å²) in [7, 11) is 0. The Morgan fingerprint density at radius 2 is 1.77 bits per heavy atom. The fourth-order valence-electron chi connectivity index (χ4n) is 3.51. The van der Waals surface area contributed by atoms with Crippen molar-refractivity contribution in [3.8, 4) is 0 Å². The first-order chi connectivity index (χ1) is 12.8. The number of hydrogen-bond donors (Lipinski definition) is 2. The summed E-state index contributed by atoms with van der Waals surface area (Å²) in [5, 5.41) is 4.29. The molecule has 0 aliphatic heterocycles. The molecular formula is C23H28N2O. The second kappa shape index (κ2) is 9.23. The van der Waals surface area contributed by atoms with Gasteiger partial charge in [0.1, 0.15) is 0 Å². The van der Waals surface area contributed by atoms with Gasteiger partial charge in [0.25, 0.3) is 0 Å². The molecule has 0 aliphatic rings. The van der Waals surface area contributed by atoms with Crippen LogP contribution in [0.3, 0.4) is 0 Å². The van der Waals surface area contributed by atoms with E-state index < -0.39 is 0 Å². The summed E-state index contributed by atoms with van der Waals surface area (Å²) >= 11 is 0. The maximum Gasteiger partial charge on any atom is 0.220 e. The van der Waals surface area contributed by atoms with Crippen LogP contribution in [0.5, 0.6) is 0 Å². The first-order valence-electron chi connectivity index (χ1n) is 9.67. The molecule has 0 aliphatic carbocycles. The molecule has 1 unspecified atom stereocenters. The predicted octanol–water partition coefficient (Wildman–Crippen LogP) is 5.39. The molecule has 136 valence electrons. The first-order valence-corrected chi connectivity index (χ1v) is 9.67. The molecule has 1 atom stereocenters. The third-order valence-corrected chi connectivity index (χ3v) is 4.94. The number of unbranched alkanes of at least 4 members (excludes halogenated alkanes) is 3. The number of nitrogens with one attached hydrogen (secondary N) is 2. The minimum absolute atomic E-state index is 0.0583. The minimum Gasteiger partial charge on any atom is -0.361 e. The highest BCUT2D eigenvalue weighted by molar-refractivity contribution is 5.86. The van der Waals surface area contributed by atoms with Crippen molar-refractivity contribution in [3.63, 3.8) is 0 Å². The number of rotatable bonds is 9. The second-order valence-corrected chi connectivity index (χ2v) is 6.87. The molecule has 0 saturated carbocycles.